The van der Waals surface area contributed by atoms with E-state index < -0.39 is 0 Å². The molecule has 1 saturated heterocycles. The molecule has 1 atom stereocenters. The molecule has 0 spiro atoms. The van der Waals surface area contributed by atoms with E-state index in [2.05, 4.69) is 51.8 Å². The summed E-state index contributed by atoms with van der Waals surface area (Å²) in [4.78, 5) is 2.64. The lowest BCUT2D eigenvalue weighted by atomic mass is 9.89. The third-order valence-electron chi connectivity index (χ3n) is 3.47. The van der Waals surface area contributed by atoms with Gasteiger partial charge in [0, 0.05) is 30.2 Å². The van der Waals surface area contributed by atoms with Crippen LogP contribution in [0.1, 0.15) is 48.0 Å². The molecule has 0 bridgehead atoms. The minimum Gasteiger partial charge on any atom is -0.309 e. The van der Waals surface area contributed by atoms with Crippen molar-refractivity contribution in [1.82, 2.24) is 10.2 Å². The summed E-state index contributed by atoms with van der Waals surface area (Å²) in [6, 6.07) is 0.686. The predicted octanol–water partition coefficient (Wildman–Crippen LogP) is 2.25. The van der Waals surface area contributed by atoms with Gasteiger partial charge in [0.15, 0.2) is 0 Å². The molecule has 1 fully saturated rings. The van der Waals surface area contributed by atoms with Gasteiger partial charge in [-0.05, 0) is 41.0 Å². The van der Waals surface area contributed by atoms with Crippen molar-refractivity contribution in [3.05, 3.63) is 0 Å². The zero-order valence-corrected chi connectivity index (χ0v) is 10.6. The van der Waals surface area contributed by atoms with Crippen LogP contribution in [0.5, 0.6) is 0 Å². The molecule has 14 heavy (non-hydrogen) atoms. The van der Waals surface area contributed by atoms with Crippen LogP contribution in [-0.4, -0.2) is 35.1 Å². The van der Waals surface area contributed by atoms with Crippen LogP contribution in [0.3, 0.4) is 0 Å². The highest BCUT2D eigenvalue weighted by molar-refractivity contribution is 4.98. The molecule has 0 aromatic carbocycles. The number of hydrogen-bond acceptors (Lipinski definition) is 2. The summed E-state index contributed by atoms with van der Waals surface area (Å²) in [5.74, 6) is 0. The molecule has 0 amide bonds. The minimum absolute atomic E-state index is 0.263. The highest BCUT2D eigenvalue weighted by atomic mass is 15.3. The van der Waals surface area contributed by atoms with E-state index in [9.17, 15) is 0 Å². The summed E-state index contributed by atoms with van der Waals surface area (Å²) in [7, 11) is 0. The number of rotatable bonds is 2. The van der Waals surface area contributed by atoms with Crippen molar-refractivity contribution >= 4 is 0 Å². The zero-order chi connectivity index (χ0) is 11.0. The van der Waals surface area contributed by atoms with Crippen LogP contribution in [0.2, 0.25) is 0 Å². The third kappa shape index (κ3) is 2.48. The van der Waals surface area contributed by atoms with Gasteiger partial charge < -0.3 is 5.32 Å². The van der Waals surface area contributed by atoms with Crippen LogP contribution in [0, 0.1) is 0 Å². The van der Waals surface area contributed by atoms with Gasteiger partial charge in [0.25, 0.3) is 0 Å². The molecule has 84 valence electrons. The Balaban J connectivity index is 2.76. The Kier molecular flexibility index (Phi) is 3.27. The van der Waals surface area contributed by atoms with Crippen molar-refractivity contribution in [2.45, 2.75) is 65.1 Å². The maximum atomic E-state index is 3.62. The van der Waals surface area contributed by atoms with Gasteiger partial charge >= 0.3 is 0 Å². The van der Waals surface area contributed by atoms with Crippen molar-refractivity contribution in [1.29, 1.82) is 0 Å². The molecule has 1 unspecified atom stereocenters. The van der Waals surface area contributed by atoms with Crippen molar-refractivity contribution in [2.75, 3.05) is 13.1 Å². The van der Waals surface area contributed by atoms with E-state index in [0.717, 1.165) is 13.1 Å². The van der Waals surface area contributed by atoms with Crippen LogP contribution in [0.15, 0.2) is 0 Å². The second-order valence-corrected chi connectivity index (χ2v) is 5.94. The Labute approximate surface area is 89.1 Å². The lowest BCUT2D eigenvalue weighted by Crippen LogP contribution is -2.67. The Hall–Kier alpha value is -0.0800. The molecule has 0 aromatic rings. The molecule has 1 aliphatic rings. The average molecular weight is 198 g/mol. The largest absolute Gasteiger partial charge is 0.309 e. The summed E-state index contributed by atoms with van der Waals surface area (Å²) >= 11 is 0. The molecule has 0 aliphatic carbocycles. The predicted molar refractivity (Wildman–Crippen MR) is 62.6 cm³/mol. The van der Waals surface area contributed by atoms with E-state index in [4.69, 9.17) is 0 Å². The molecule has 1 heterocycles. The van der Waals surface area contributed by atoms with E-state index in [1.54, 1.807) is 0 Å². The van der Waals surface area contributed by atoms with Gasteiger partial charge in [-0.25, -0.2) is 0 Å². The molecule has 0 radical (unpaired) electrons. The van der Waals surface area contributed by atoms with Crippen molar-refractivity contribution < 1.29 is 0 Å². The first kappa shape index (κ1) is 12.0. The fourth-order valence-electron chi connectivity index (χ4n) is 2.23. The fraction of sp³-hybridized carbons (Fsp3) is 1.00. The quantitative estimate of drug-likeness (QED) is 0.732. The number of nitrogens with zero attached hydrogens (tertiary/aromatic N) is 1. The first-order chi connectivity index (χ1) is 6.28. The Bertz CT molecular complexity index is 196. The maximum absolute atomic E-state index is 3.62. The standard InChI is InChI=1S/C12H26N2/c1-7-10(2)14-9-11(3,4)13-8-12(14,5)6/h10,13H,7-9H2,1-6H3. The highest BCUT2D eigenvalue weighted by Gasteiger charge is 2.39. The van der Waals surface area contributed by atoms with Crippen molar-refractivity contribution in [3.63, 3.8) is 0 Å². The third-order valence-corrected chi connectivity index (χ3v) is 3.47. The van der Waals surface area contributed by atoms with Crippen LogP contribution in [-0.2, 0) is 0 Å². The van der Waals surface area contributed by atoms with Gasteiger partial charge in [-0.15, -0.1) is 0 Å². The number of nitrogens with one attached hydrogen (secondary N) is 1. The molecule has 2 heteroatoms. The van der Waals surface area contributed by atoms with Gasteiger partial charge in [-0.1, -0.05) is 6.92 Å². The minimum atomic E-state index is 0.263. The van der Waals surface area contributed by atoms with Crippen molar-refractivity contribution in [2.24, 2.45) is 0 Å². The first-order valence-corrected chi connectivity index (χ1v) is 5.80. The van der Waals surface area contributed by atoms with Crippen LogP contribution in [0.4, 0.5) is 0 Å². The smallest absolute Gasteiger partial charge is 0.0281 e. The Morgan fingerprint density at radius 1 is 1.29 bits per heavy atom. The average Bonchev–Trinajstić information content (AvgIpc) is 2.09. The van der Waals surface area contributed by atoms with Crippen LogP contribution >= 0.6 is 0 Å². The van der Waals surface area contributed by atoms with Gasteiger partial charge in [-0.2, -0.15) is 0 Å². The summed E-state index contributed by atoms with van der Waals surface area (Å²) < 4.78 is 0. The van der Waals surface area contributed by atoms with Gasteiger partial charge in [0.05, 0.1) is 0 Å². The van der Waals surface area contributed by atoms with E-state index >= 15 is 0 Å². The fourth-order valence-corrected chi connectivity index (χ4v) is 2.23. The normalized spacial score (nSPS) is 28.7. The molecule has 2 nitrogen and oxygen atoms in total. The van der Waals surface area contributed by atoms with Gasteiger partial charge in [-0.3, -0.25) is 4.90 Å². The van der Waals surface area contributed by atoms with E-state index in [1.807, 2.05) is 0 Å². The van der Waals surface area contributed by atoms with E-state index in [1.165, 1.54) is 6.42 Å². The van der Waals surface area contributed by atoms with E-state index in [-0.39, 0.29) is 5.54 Å². The number of hydrogen-bond donors (Lipinski definition) is 1. The Morgan fingerprint density at radius 2 is 1.86 bits per heavy atom. The summed E-state index contributed by atoms with van der Waals surface area (Å²) in [6.07, 6.45) is 1.24. The summed E-state index contributed by atoms with van der Waals surface area (Å²) in [6.45, 7) is 16.1. The lowest BCUT2D eigenvalue weighted by molar-refractivity contribution is 0.00724. The second-order valence-electron chi connectivity index (χ2n) is 5.94. The highest BCUT2D eigenvalue weighted by Crippen LogP contribution is 2.26. The van der Waals surface area contributed by atoms with Gasteiger partial charge in [0.2, 0.25) is 0 Å². The number of piperazine rings is 1. The van der Waals surface area contributed by atoms with Crippen LogP contribution < -0.4 is 5.32 Å². The molecule has 1 aliphatic heterocycles. The molecule has 1 rings (SSSR count). The molecular weight excluding hydrogens is 172 g/mol. The monoisotopic (exact) mass is 198 g/mol. The summed E-state index contributed by atoms with van der Waals surface area (Å²) in [5.41, 5.74) is 0.559. The summed E-state index contributed by atoms with van der Waals surface area (Å²) in [5, 5.41) is 3.62. The van der Waals surface area contributed by atoms with Crippen LogP contribution in [0.25, 0.3) is 0 Å². The topological polar surface area (TPSA) is 15.3 Å². The Morgan fingerprint density at radius 3 is 2.36 bits per heavy atom. The lowest BCUT2D eigenvalue weighted by Gasteiger charge is -2.52. The van der Waals surface area contributed by atoms with Crippen molar-refractivity contribution in [3.8, 4) is 0 Å². The zero-order valence-electron chi connectivity index (χ0n) is 10.6. The molecule has 0 aromatic heterocycles. The van der Waals surface area contributed by atoms with Gasteiger partial charge in [0.1, 0.15) is 0 Å². The van der Waals surface area contributed by atoms with E-state index in [0.29, 0.717) is 11.6 Å². The second kappa shape index (κ2) is 3.82. The molecule has 0 saturated carbocycles. The maximum Gasteiger partial charge on any atom is 0.0281 e. The molecule has 1 N–H and O–H groups in total. The SMILES string of the molecule is CCC(C)N1CC(C)(C)NCC1(C)C. The first-order valence-electron chi connectivity index (χ1n) is 5.80. The molecular formula is C12H26N2.